The highest BCUT2D eigenvalue weighted by molar-refractivity contribution is 5.74. The molecule has 0 aliphatic heterocycles. The summed E-state index contributed by atoms with van der Waals surface area (Å²) in [6.45, 7) is 0. The van der Waals surface area contributed by atoms with Gasteiger partial charge in [-0.05, 0) is 24.3 Å². The normalized spacial score (nSPS) is 10.4. The predicted octanol–water partition coefficient (Wildman–Crippen LogP) is 3.45. The van der Waals surface area contributed by atoms with Crippen molar-refractivity contribution in [2.24, 2.45) is 0 Å². The quantitative estimate of drug-likeness (QED) is 0.829. The van der Waals surface area contributed by atoms with Crippen LogP contribution in [0.15, 0.2) is 36.4 Å². The van der Waals surface area contributed by atoms with Crippen molar-refractivity contribution in [3.8, 4) is 0 Å². The molecular formula is C13H11F3N2. The summed E-state index contributed by atoms with van der Waals surface area (Å²) in [6.07, 6.45) is 0. The van der Waals surface area contributed by atoms with Crippen LogP contribution >= 0.6 is 0 Å². The van der Waals surface area contributed by atoms with E-state index in [1.165, 1.54) is 36.2 Å². The molecule has 5 heteroatoms. The second-order valence-electron chi connectivity index (χ2n) is 3.84. The number of hydrogen-bond acceptors (Lipinski definition) is 2. The molecule has 0 aromatic heterocycles. The molecule has 0 unspecified atom stereocenters. The maximum Gasteiger partial charge on any atom is 0.160 e. The highest BCUT2D eigenvalue weighted by Gasteiger charge is 2.14. The summed E-state index contributed by atoms with van der Waals surface area (Å²) >= 11 is 0. The van der Waals surface area contributed by atoms with Crippen molar-refractivity contribution in [1.29, 1.82) is 0 Å². The first-order valence-electron chi connectivity index (χ1n) is 5.23. The Hall–Kier alpha value is -2.17. The molecule has 0 aliphatic rings. The third-order valence-electron chi connectivity index (χ3n) is 2.64. The largest absolute Gasteiger partial charge is 0.397 e. The lowest BCUT2D eigenvalue weighted by atomic mass is 10.2. The Labute approximate surface area is 102 Å². The maximum absolute atomic E-state index is 13.7. The molecule has 0 fully saturated rings. The van der Waals surface area contributed by atoms with Crippen molar-refractivity contribution in [1.82, 2.24) is 0 Å². The molecule has 0 radical (unpaired) electrons. The van der Waals surface area contributed by atoms with Crippen LogP contribution in [0.5, 0.6) is 0 Å². The average molecular weight is 252 g/mol. The standard InChI is InChI=1S/C13H11F3N2/c1-18(8-5-6-9(14)11(16)7-8)13-10(15)3-2-4-12(13)17/h2-7H,17H2,1H3. The molecular weight excluding hydrogens is 241 g/mol. The second kappa shape index (κ2) is 4.60. The molecule has 0 amide bonds. The Morgan fingerprint density at radius 3 is 2.28 bits per heavy atom. The van der Waals surface area contributed by atoms with Gasteiger partial charge in [0.1, 0.15) is 11.5 Å². The topological polar surface area (TPSA) is 29.3 Å². The van der Waals surface area contributed by atoms with Gasteiger partial charge in [-0.2, -0.15) is 0 Å². The Morgan fingerprint density at radius 1 is 0.944 bits per heavy atom. The second-order valence-corrected chi connectivity index (χ2v) is 3.84. The Balaban J connectivity index is 2.48. The number of rotatable bonds is 2. The van der Waals surface area contributed by atoms with Crippen LogP contribution in [0, 0.1) is 17.5 Å². The summed E-state index contributed by atoms with van der Waals surface area (Å²) in [6, 6.07) is 7.59. The lowest BCUT2D eigenvalue weighted by Crippen LogP contribution is -2.13. The number of benzene rings is 2. The van der Waals surface area contributed by atoms with Gasteiger partial charge < -0.3 is 10.6 Å². The van der Waals surface area contributed by atoms with Gasteiger partial charge in [-0.25, -0.2) is 13.2 Å². The molecule has 0 saturated carbocycles. The van der Waals surface area contributed by atoms with E-state index >= 15 is 0 Å². The molecule has 2 aromatic carbocycles. The van der Waals surface area contributed by atoms with Crippen LogP contribution in [0.3, 0.4) is 0 Å². The van der Waals surface area contributed by atoms with E-state index in [4.69, 9.17) is 5.73 Å². The first-order valence-corrected chi connectivity index (χ1v) is 5.23. The summed E-state index contributed by atoms with van der Waals surface area (Å²) in [7, 11) is 1.53. The van der Waals surface area contributed by atoms with Gasteiger partial charge in [-0.15, -0.1) is 0 Å². The van der Waals surface area contributed by atoms with Crippen molar-refractivity contribution in [2.45, 2.75) is 0 Å². The van der Waals surface area contributed by atoms with Crippen molar-refractivity contribution >= 4 is 17.1 Å². The molecule has 0 aliphatic carbocycles. The van der Waals surface area contributed by atoms with Gasteiger partial charge in [0.05, 0.1) is 5.69 Å². The lowest BCUT2D eigenvalue weighted by molar-refractivity contribution is 0.509. The van der Waals surface area contributed by atoms with Gasteiger partial charge in [0.2, 0.25) is 0 Å². The van der Waals surface area contributed by atoms with E-state index in [-0.39, 0.29) is 11.4 Å². The van der Waals surface area contributed by atoms with Crippen LogP contribution in [0.25, 0.3) is 0 Å². The van der Waals surface area contributed by atoms with Crippen LogP contribution in [-0.2, 0) is 0 Å². The fourth-order valence-electron chi connectivity index (χ4n) is 1.71. The number of nitrogens with two attached hydrogens (primary N) is 1. The van der Waals surface area contributed by atoms with Crippen molar-refractivity contribution in [3.05, 3.63) is 53.8 Å². The summed E-state index contributed by atoms with van der Waals surface area (Å²) in [5.74, 6) is -2.47. The van der Waals surface area contributed by atoms with E-state index in [0.29, 0.717) is 5.69 Å². The maximum atomic E-state index is 13.7. The van der Waals surface area contributed by atoms with Crippen LogP contribution in [0.4, 0.5) is 30.2 Å². The highest BCUT2D eigenvalue weighted by Crippen LogP contribution is 2.31. The SMILES string of the molecule is CN(c1ccc(F)c(F)c1)c1c(N)cccc1F. The number of nitrogens with zero attached hydrogens (tertiary/aromatic N) is 1. The minimum Gasteiger partial charge on any atom is -0.397 e. The number of nitrogen functional groups attached to an aromatic ring is 1. The fraction of sp³-hybridized carbons (Fsp3) is 0.0769. The highest BCUT2D eigenvalue weighted by atomic mass is 19.2. The molecule has 0 atom stereocenters. The van der Waals surface area contributed by atoms with E-state index in [0.717, 1.165) is 12.1 Å². The third-order valence-corrected chi connectivity index (χ3v) is 2.64. The number of hydrogen-bond donors (Lipinski definition) is 1. The third kappa shape index (κ3) is 2.11. The molecule has 0 saturated heterocycles. The van der Waals surface area contributed by atoms with Gasteiger partial charge in [-0.1, -0.05) is 6.07 Å². The molecule has 0 heterocycles. The molecule has 2 aromatic rings. The monoisotopic (exact) mass is 252 g/mol. The Morgan fingerprint density at radius 2 is 1.67 bits per heavy atom. The van der Waals surface area contributed by atoms with E-state index in [1.54, 1.807) is 0 Å². The molecule has 2 nitrogen and oxygen atoms in total. The van der Waals surface area contributed by atoms with Gasteiger partial charge >= 0.3 is 0 Å². The van der Waals surface area contributed by atoms with Crippen LogP contribution < -0.4 is 10.6 Å². The molecule has 2 N–H and O–H groups in total. The summed E-state index contributed by atoms with van der Waals surface area (Å²) < 4.78 is 39.6. The van der Waals surface area contributed by atoms with E-state index in [1.807, 2.05) is 0 Å². The lowest BCUT2D eigenvalue weighted by Gasteiger charge is -2.21. The zero-order chi connectivity index (χ0) is 13.3. The molecule has 2 rings (SSSR count). The van der Waals surface area contributed by atoms with Crippen LogP contribution in [0.1, 0.15) is 0 Å². The van der Waals surface area contributed by atoms with Gasteiger partial charge in [-0.3, -0.25) is 0 Å². The van der Waals surface area contributed by atoms with Gasteiger partial charge in [0, 0.05) is 18.8 Å². The molecule has 0 spiro atoms. The van der Waals surface area contributed by atoms with Crippen molar-refractivity contribution in [2.75, 3.05) is 17.7 Å². The Kier molecular flexibility index (Phi) is 3.14. The summed E-state index contributed by atoms with van der Waals surface area (Å²) in [5, 5.41) is 0. The van der Waals surface area contributed by atoms with Crippen LogP contribution in [-0.4, -0.2) is 7.05 Å². The molecule has 18 heavy (non-hydrogen) atoms. The molecule has 0 bridgehead atoms. The van der Waals surface area contributed by atoms with E-state index in [9.17, 15) is 13.2 Å². The van der Waals surface area contributed by atoms with E-state index < -0.39 is 17.5 Å². The van der Waals surface area contributed by atoms with Crippen molar-refractivity contribution in [3.63, 3.8) is 0 Å². The zero-order valence-corrected chi connectivity index (χ0v) is 9.62. The number of para-hydroxylation sites is 1. The predicted molar refractivity (Wildman–Crippen MR) is 65.2 cm³/mol. The van der Waals surface area contributed by atoms with Gasteiger partial charge in [0.25, 0.3) is 0 Å². The molecule has 94 valence electrons. The van der Waals surface area contributed by atoms with E-state index in [2.05, 4.69) is 0 Å². The first-order chi connectivity index (χ1) is 8.50. The minimum absolute atomic E-state index is 0.128. The number of anilines is 3. The minimum atomic E-state index is -0.991. The zero-order valence-electron chi connectivity index (χ0n) is 9.62. The van der Waals surface area contributed by atoms with Gasteiger partial charge in [0.15, 0.2) is 11.6 Å². The first kappa shape index (κ1) is 12.3. The average Bonchev–Trinajstić information content (AvgIpc) is 2.32. The fourth-order valence-corrected chi connectivity index (χ4v) is 1.71. The van der Waals surface area contributed by atoms with Crippen molar-refractivity contribution < 1.29 is 13.2 Å². The summed E-state index contributed by atoms with van der Waals surface area (Å²) in [5.41, 5.74) is 6.34. The number of halogens is 3. The van der Waals surface area contributed by atoms with Crippen LogP contribution in [0.2, 0.25) is 0 Å². The Bertz CT molecular complexity index is 564. The summed E-state index contributed by atoms with van der Waals surface area (Å²) in [4.78, 5) is 1.37. The smallest absolute Gasteiger partial charge is 0.160 e.